The van der Waals surface area contributed by atoms with Gasteiger partial charge >= 0.3 is 5.97 Å². The minimum absolute atomic E-state index is 0.147. The molecule has 0 N–H and O–H groups in total. The summed E-state index contributed by atoms with van der Waals surface area (Å²) in [6.07, 6.45) is 0. The number of hydrogen-bond donors (Lipinski definition) is 0. The van der Waals surface area contributed by atoms with Crippen molar-refractivity contribution in [3.63, 3.8) is 0 Å². The van der Waals surface area contributed by atoms with Gasteiger partial charge in [-0.25, -0.2) is 4.79 Å². The molecule has 0 radical (unpaired) electrons. The van der Waals surface area contributed by atoms with Gasteiger partial charge in [0.05, 0.1) is 6.61 Å². The normalized spacial score (nSPS) is 11.2. The van der Waals surface area contributed by atoms with E-state index in [1.807, 2.05) is 6.07 Å². The first kappa shape index (κ1) is 25.8. The molecule has 0 atom stereocenters. The molecule has 4 heteroatoms. The van der Waals surface area contributed by atoms with E-state index in [2.05, 4.69) is 127 Å². The molecular formula is C36H29O3P. The van der Waals surface area contributed by atoms with Gasteiger partial charge in [-0.05, 0) is 58.4 Å². The molecule has 6 aromatic rings. The highest BCUT2D eigenvalue weighted by Gasteiger charge is 2.25. The predicted molar refractivity (Wildman–Crippen MR) is 168 cm³/mol. The molecule has 0 heterocycles. The molecule has 0 fully saturated rings. The topological polar surface area (TPSA) is 35.5 Å². The molecule has 3 nitrogen and oxygen atoms in total. The monoisotopic (exact) mass is 540 g/mol. The Morgan fingerprint density at radius 2 is 1.12 bits per heavy atom. The number of fused-ring (bicyclic) bond motifs is 2. The van der Waals surface area contributed by atoms with Crippen molar-refractivity contribution in [2.45, 2.75) is 6.92 Å². The van der Waals surface area contributed by atoms with Gasteiger partial charge < -0.3 is 9.47 Å². The van der Waals surface area contributed by atoms with E-state index < -0.39 is 7.92 Å². The third-order valence-corrected chi connectivity index (χ3v) is 9.45. The molecule has 0 spiro atoms. The average Bonchev–Trinajstić information content (AvgIpc) is 3.01. The van der Waals surface area contributed by atoms with Gasteiger partial charge in [-0.1, -0.05) is 127 Å². The zero-order chi connectivity index (χ0) is 27.3. The maximum Gasteiger partial charge on any atom is 0.344 e. The lowest BCUT2D eigenvalue weighted by molar-refractivity contribution is -0.145. The maximum atomic E-state index is 12.3. The van der Waals surface area contributed by atoms with E-state index in [-0.39, 0.29) is 12.6 Å². The molecule has 6 rings (SSSR count). The number of hydrogen-bond acceptors (Lipinski definition) is 3. The molecule has 40 heavy (non-hydrogen) atoms. The second-order valence-corrected chi connectivity index (χ2v) is 11.6. The van der Waals surface area contributed by atoms with E-state index >= 15 is 0 Å². The quantitative estimate of drug-likeness (QED) is 0.149. The van der Waals surface area contributed by atoms with Crippen LogP contribution in [0, 0.1) is 0 Å². The molecule has 0 amide bonds. The van der Waals surface area contributed by atoms with Crippen LogP contribution in [-0.4, -0.2) is 19.2 Å². The smallest absolute Gasteiger partial charge is 0.344 e. The molecule has 196 valence electrons. The average molecular weight is 541 g/mol. The summed E-state index contributed by atoms with van der Waals surface area (Å²) in [5.41, 5.74) is 2.13. The van der Waals surface area contributed by atoms with E-state index in [1.165, 1.54) is 15.9 Å². The van der Waals surface area contributed by atoms with E-state index in [9.17, 15) is 4.79 Å². The molecule has 0 unspecified atom stereocenters. The standard InChI is InChI=1S/C36H29O3P/c1-2-38-34(37)25-39-32-23-21-26-13-9-11-19-30(26)35(32)36-31-20-12-10-14-27(31)22-24-33(36)40(28-15-5-3-6-16-28)29-17-7-4-8-18-29/h3-24H,2,25H2,1H3. The fraction of sp³-hybridized carbons (Fsp3) is 0.0833. The Morgan fingerprint density at radius 3 is 1.73 bits per heavy atom. The number of ether oxygens (including phenoxy) is 2. The fourth-order valence-electron chi connectivity index (χ4n) is 5.26. The molecule has 6 aromatic carbocycles. The minimum Gasteiger partial charge on any atom is -0.481 e. The lowest BCUT2D eigenvalue weighted by Gasteiger charge is -2.25. The highest BCUT2D eigenvalue weighted by Crippen LogP contribution is 2.45. The summed E-state index contributed by atoms with van der Waals surface area (Å²) in [6.45, 7) is 1.97. The van der Waals surface area contributed by atoms with Crippen molar-refractivity contribution in [1.29, 1.82) is 0 Å². The summed E-state index contributed by atoms with van der Waals surface area (Å²) in [6, 6.07) is 46.9. The van der Waals surface area contributed by atoms with Gasteiger partial charge in [0, 0.05) is 11.1 Å². The van der Waals surface area contributed by atoms with Crippen molar-refractivity contribution in [2.24, 2.45) is 0 Å². The SMILES string of the molecule is CCOC(=O)COc1ccc2ccccc2c1-c1c(P(c2ccccc2)c2ccccc2)ccc2ccccc12. The molecule has 0 saturated heterocycles. The highest BCUT2D eigenvalue weighted by atomic mass is 31.1. The van der Waals surface area contributed by atoms with Crippen molar-refractivity contribution in [1.82, 2.24) is 0 Å². The van der Waals surface area contributed by atoms with E-state index in [1.54, 1.807) is 6.92 Å². The van der Waals surface area contributed by atoms with E-state index in [0.29, 0.717) is 12.4 Å². The van der Waals surface area contributed by atoms with Crippen molar-refractivity contribution in [3.8, 4) is 16.9 Å². The summed E-state index contributed by atoms with van der Waals surface area (Å²) in [4.78, 5) is 12.3. The molecule has 0 aliphatic carbocycles. The fourth-order valence-corrected chi connectivity index (χ4v) is 7.73. The number of carbonyl (C=O) groups is 1. The number of esters is 1. The minimum atomic E-state index is -0.906. The lowest BCUT2D eigenvalue weighted by Crippen LogP contribution is -2.22. The number of rotatable bonds is 8. The van der Waals surface area contributed by atoms with Crippen molar-refractivity contribution in [2.75, 3.05) is 13.2 Å². The first-order chi connectivity index (χ1) is 19.7. The third kappa shape index (κ3) is 5.09. The van der Waals surface area contributed by atoms with Crippen LogP contribution < -0.4 is 20.7 Å². The summed E-state index contributed by atoms with van der Waals surface area (Å²) in [5, 5.41) is 8.28. The van der Waals surface area contributed by atoms with Crippen LogP contribution in [0.4, 0.5) is 0 Å². The van der Waals surface area contributed by atoms with Gasteiger partial charge in [0.2, 0.25) is 0 Å². The highest BCUT2D eigenvalue weighted by molar-refractivity contribution is 7.80. The Labute approximate surface area is 235 Å². The molecule has 0 saturated carbocycles. The van der Waals surface area contributed by atoms with Gasteiger partial charge in [-0.2, -0.15) is 0 Å². The van der Waals surface area contributed by atoms with Gasteiger partial charge in [0.25, 0.3) is 0 Å². The zero-order valence-electron chi connectivity index (χ0n) is 22.3. The number of benzene rings is 6. The Bertz CT molecular complexity index is 1740. The second-order valence-electron chi connectivity index (χ2n) is 9.44. The summed E-state index contributed by atoms with van der Waals surface area (Å²) in [7, 11) is -0.906. The molecule has 0 aliphatic rings. The molecular weight excluding hydrogens is 511 g/mol. The Hall–Kier alpha value is -4.46. The first-order valence-corrected chi connectivity index (χ1v) is 14.8. The Balaban J connectivity index is 1.68. The molecule has 0 bridgehead atoms. The van der Waals surface area contributed by atoms with Crippen molar-refractivity contribution in [3.05, 3.63) is 133 Å². The third-order valence-electron chi connectivity index (χ3n) is 6.97. The zero-order valence-corrected chi connectivity index (χ0v) is 23.2. The van der Waals surface area contributed by atoms with Crippen LogP contribution in [0.2, 0.25) is 0 Å². The van der Waals surface area contributed by atoms with Crippen LogP contribution >= 0.6 is 7.92 Å². The Morgan fingerprint density at radius 1 is 0.600 bits per heavy atom. The van der Waals surface area contributed by atoms with Crippen LogP contribution in [0.15, 0.2) is 133 Å². The van der Waals surface area contributed by atoms with Crippen LogP contribution in [-0.2, 0) is 9.53 Å². The van der Waals surface area contributed by atoms with E-state index in [0.717, 1.165) is 32.7 Å². The molecule has 0 aliphatic heterocycles. The summed E-state index contributed by atoms with van der Waals surface area (Å²) >= 11 is 0. The lowest BCUT2D eigenvalue weighted by atomic mass is 9.93. The van der Waals surface area contributed by atoms with Gasteiger partial charge in [-0.3, -0.25) is 0 Å². The van der Waals surface area contributed by atoms with Crippen LogP contribution in [0.5, 0.6) is 5.75 Å². The van der Waals surface area contributed by atoms with Gasteiger partial charge in [0.15, 0.2) is 6.61 Å². The van der Waals surface area contributed by atoms with Gasteiger partial charge in [0.1, 0.15) is 5.75 Å². The van der Waals surface area contributed by atoms with Gasteiger partial charge in [-0.15, -0.1) is 0 Å². The predicted octanol–water partition coefficient (Wildman–Crippen LogP) is 7.36. The Kier molecular flexibility index (Phi) is 7.57. The van der Waals surface area contributed by atoms with E-state index in [4.69, 9.17) is 9.47 Å². The second kappa shape index (κ2) is 11.7. The van der Waals surface area contributed by atoms with Crippen LogP contribution in [0.3, 0.4) is 0 Å². The summed E-state index contributed by atoms with van der Waals surface area (Å²) < 4.78 is 11.4. The first-order valence-electron chi connectivity index (χ1n) is 13.5. The van der Waals surface area contributed by atoms with Crippen molar-refractivity contribution >= 4 is 51.3 Å². The van der Waals surface area contributed by atoms with Crippen LogP contribution in [0.1, 0.15) is 6.92 Å². The summed E-state index contributed by atoms with van der Waals surface area (Å²) in [5.74, 6) is 0.288. The maximum absolute atomic E-state index is 12.3. The van der Waals surface area contributed by atoms with Crippen molar-refractivity contribution < 1.29 is 14.3 Å². The molecule has 0 aromatic heterocycles. The largest absolute Gasteiger partial charge is 0.481 e. The van der Waals surface area contributed by atoms with Crippen LogP contribution in [0.25, 0.3) is 32.7 Å². The number of carbonyl (C=O) groups excluding carboxylic acids is 1.